The number of furan rings is 1. The van der Waals surface area contributed by atoms with E-state index in [0.717, 1.165) is 61.4 Å². The Morgan fingerprint density at radius 1 is 0.632 bits per heavy atom. The number of hydrogen-bond acceptors (Lipinski definition) is 3. The van der Waals surface area contributed by atoms with Gasteiger partial charge in [0.2, 0.25) is 5.96 Å². The Morgan fingerprint density at radius 3 is 2.18 bits per heavy atom. The van der Waals surface area contributed by atoms with E-state index in [9.17, 15) is 0 Å². The van der Waals surface area contributed by atoms with Gasteiger partial charge in [-0.15, -0.1) is 0 Å². The molecule has 8 rings (SSSR count). The highest BCUT2D eigenvalue weighted by atomic mass is 16.3. The Hall–Kier alpha value is -4.96. The molecule has 0 amide bonds. The third-order valence-corrected chi connectivity index (χ3v) is 7.56. The monoisotopic (exact) mass is 489 g/mol. The average Bonchev–Trinajstić information content (AvgIpc) is 3.53. The second-order valence-corrected chi connectivity index (χ2v) is 9.77. The zero-order chi connectivity index (χ0) is 25.1. The van der Waals surface area contributed by atoms with E-state index in [0.29, 0.717) is 5.96 Å². The normalized spacial score (nSPS) is 15.8. The van der Waals surface area contributed by atoms with Crippen molar-refractivity contribution in [3.63, 3.8) is 0 Å². The van der Waals surface area contributed by atoms with Crippen LogP contribution in [0.2, 0.25) is 0 Å². The van der Waals surface area contributed by atoms with Gasteiger partial charge >= 0.3 is 0 Å². The van der Waals surface area contributed by atoms with Crippen LogP contribution >= 0.6 is 0 Å². The first-order chi connectivity index (χ1) is 18.8. The van der Waals surface area contributed by atoms with E-state index >= 15 is 0 Å². The summed E-state index contributed by atoms with van der Waals surface area (Å²) in [5.74, 6) is 0.700. The second kappa shape index (κ2) is 8.29. The van der Waals surface area contributed by atoms with Crippen molar-refractivity contribution in [3.05, 3.63) is 132 Å². The first kappa shape index (κ1) is 21.2. The molecule has 0 bridgehead atoms. The first-order valence-corrected chi connectivity index (χ1v) is 12.9. The van der Waals surface area contributed by atoms with E-state index in [1.165, 1.54) is 5.56 Å². The van der Waals surface area contributed by atoms with Gasteiger partial charge in [-0.3, -0.25) is 4.57 Å². The van der Waals surface area contributed by atoms with Gasteiger partial charge in [0.05, 0.1) is 28.2 Å². The highest BCUT2D eigenvalue weighted by Gasteiger charge is 2.25. The van der Waals surface area contributed by atoms with Crippen LogP contribution in [0.1, 0.15) is 23.6 Å². The fraction of sp³-hybridized carbons (Fsp3) is 0.0588. The van der Waals surface area contributed by atoms with Gasteiger partial charge in [0.15, 0.2) is 0 Å². The number of hydrogen-bond donors (Lipinski definition) is 0. The summed E-state index contributed by atoms with van der Waals surface area (Å²) < 4.78 is 8.67. The van der Waals surface area contributed by atoms with Gasteiger partial charge in [0.1, 0.15) is 11.2 Å². The maximum atomic E-state index is 6.47. The van der Waals surface area contributed by atoms with Crippen LogP contribution in [0.4, 0.5) is 0 Å². The molecule has 0 radical (unpaired) electrons. The second-order valence-electron chi connectivity index (χ2n) is 9.77. The molecule has 0 fully saturated rings. The molecule has 1 aliphatic rings. The zero-order valence-corrected chi connectivity index (χ0v) is 20.6. The molecular weight excluding hydrogens is 466 g/mol. The van der Waals surface area contributed by atoms with Crippen LogP contribution < -0.4 is 0 Å². The van der Waals surface area contributed by atoms with Crippen LogP contribution in [-0.4, -0.2) is 16.2 Å². The predicted octanol–water partition coefficient (Wildman–Crippen LogP) is 8.53. The van der Waals surface area contributed by atoms with Crippen LogP contribution in [0, 0.1) is 0 Å². The summed E-state index contributed by atoms with van der Waals surface area (Å²) in [6.07, 6.45) is 0.752. The summed E-state index contributed by atoms with van der Waals surface area (Å²) in [5, 5.41) is 4.48. The minimum absolute atomic E-state index is 0.0231. The number of fused-ring (bicyclic) bond motifs is 7. The Balaban J connectivity index is 1.44. The average molecular weight is 490 g/mol. The van der Waals surface area contributed by atoms with Gasteiger partial charge in [0.25, 0.3) is 0 Å². The standard InChI is InChI=1S/C34H23N3O/c1-3-11-22(12-4-1)27-21-28(23-13-5-2-6-14-23)36-34(35-27)37-29-17-9-7-16-26(29)32-30(37)20-19-25-24-15-8-10-18-31(24)38-33(25)32/h1-20,27H,21H2. The zero-order valence-electron chi connectivity index (χ0n) is 20.6. The minimum Gasteiger partial charge on any atom is -0.455 e. The lowest BCUT2D eigenvalue weighted by Gasteiger charge is -2.22. The molecule has 4 heteroatoms. The Labute approximate surface area is 219 Å². The fourth-order valence-electron chi connectivity index (χ4n) is 5.80. The maximum Gasteiger partial charge on any atom is 0.230 e. The Kier molecular flexibility index (Phi) is 4.61. The summed E-state index contributed by atoms with van der Waals surface area (Å²) in [7, 11) is 0. The molecule has 5 aromatic carbocycles. The molecule has 0 saturated carbocycles. The number of rotatable bonds is 2. The lowest BCUT2D eigenvalue weighted by Crippen LogP contribution is -2.21. The summed E-state index contributed by atoms with van der Waals surface area (Å²) in [5.41, 5.74) is 7.27. The summed E-state index contributed by atoms with van der Waals surface area (Å²) in [4.78, 5) is 10.4. The number of nitrogens with zero attached hydrogens (tertiary/aromatic N) is 3. The van der Waals surface area contributed by atoms with E-state index in [2.05, 4.69) is 108 Å². The molecule has 4 nitrogen and oxygen atoms in total. The van der Waals surface area contributed by atoms with E-state index in [4.69, 9.17) is 14.4 Å². The largest absolute Gasteiger partial charge is 0.455 e. The minimum atomic E-state index is -0.0231. The quantitative estimate of drug-likeness (QED) is 0.240. The molecule has 3 heterocycles. The smallest absolute Gasteiger partial charge is 0.230 e. The van der Waals surface area contributed by atoms with E-state index in [1.807, 2.05) is 18.2 Å². The van der Waals surface area contributed by atoms with Crippen molar-refractivity contribution < 1.29 is 4.42 Å². The SMILES string of the molecule is c1ccc(C2=NC(n3c4ccccc4c4c5oc6ccccc6c5ccc43)=NC(c3ccccc3)C2)cc1. The molecule has 1 aliphatic heterocycles. The van der Waals surface area contributed by atoms with Gasteiger partial charge in [-0.2, -0.15) is 0 Å². The maximum absolute atomic E-state index is 6.47. The molecule has 0 aliphatic carbocycles. The van der Waals surface area contributed by atoms with Gasteiger partial charge in [0, 0.05) is 22.6 Å². The Morgan fingerprint density at radius 2 is 1.34 bits per heavy atom. The number of para-hydroxylation sites is 2. The molecule has 1 unspecified atom stereocenters. The Bertz CT molecular complexity index is 2050. The summed E-state index contributed by atoms with van der Waals surface area (Å²) in [6, 6.07) is 42.0. The van der Waals surface area contributed by atoms with Crippen LogP contribution in [0.25, 0.3) is 43.7 Å². The molecule has 1 atom stereocenters. The van der Waals surface area contributed by atoms with E-state index in [1.54, 1.807) is 0 Å². The van der Waals surface area contributed by atoms with Crippen molar-refractivity contribution in [1.82, 2.24) is 4.57 Å². The predicted molar refractivity (Wildman–Crippen MR) is 156 cm³/mol. The molecule has 0 spiro atoms. The lowest BCUT2D eigenvalue weighted by atomic mass is 9.97. The van der Waals surface area contributed by atoms with Gasteiger partial charge < -0.3 is 4.42 Å². The molecule has 2 aromatic heterocycles. The lowest BCUT2D eigenvalue weighted by molar-refractivity contribution is 0.673. The molecule has 0 N–H and O–H groups in total. The molecule has 7 aromatic rings. The van der Waals surface area contributed by atoms with Crippen molar-refractivity contribution in [2.75, 3.05) is 0 Å². The fourth-order valence-corrected chi connectivity index (χ4v) is 5.80. The van der Waals surface area contributed by atoms with E-state index in [-0.39, 0.29) is 6.04 Å². The van der Waals surface area contributed by atoms with Crippen LogP contribution in [0.15, 0.2) is 136 Å². The summed E-state index contributed by atoms with van der Waals surface area (Å²) >= 11 is 0. The first-order valence-electron chi connectivity index (χ1n) is 12.9. The third kappa shape index (κ3) is 3.17. The van der Waals surface area contributed by atoms with Crippen LogP contribution in [0.5, 0.6) is 0 Å². The van der Waals surface area contributed by atoms with Gasteiger partial charge in [-0.25, -0.2) is 9.98 Å². The van der Waals surface area contributed by atoms with Crippen molar-refractivity contribution >= 4 is 55.4 Å². The molecular formula is C34H23N3O. The van der Waals surface area contributed by atoms with Crippen molar-refractivity contribution in [1.29, 1.82) is 0 Å². The number of aliphatic imine (C=N–C) groups is 2. The number of aromatic nitrogens is 1. The molecule has 38 heavy (non-hydrogen) atoms. The highest BCUT2D eigenvalue weighted by molar-refractivity contribution is 6.26. The van der Waals surface area contributed by atoms with Crippen molar-refractivity contribution in [3.8, 4) is 0 Å². The highest BCUT2D eigenvalue weighted by Crippen LogP contribution is 2.40. The number of benzene rings is 5. The molecule has 0 saturated heterocycles. The van der Waals surface area contributed by atoms with Gasteiger partial charge in [-0.05, 0) is 35.4 Å². The third-order valence-electron chi connectivity index (χ3n) is 7.56. The summed E-state index contributed by atoms with van der Waals surface area (Å²) in [6.45, 7) is 0. The van der Waals surface area contributed by atoms with Crippen LogP contribution in [-0.2, 0) is 0 Å². The van der Waals surface area contributed by atoms with Gasteiger partial charge in [-0.1, -0.05) is 97.1 Å². The van der Waals surface area contributed by atoms with E-state index < -0.39 is 0 Å². The van der Waals surface area contributed by atoms with Crippen LogP contribution in [0.3, 0.4) is 0 Å². The topological polar surface area (TPSA) is 42.8 Å². The molecule has 180 valence electrons. The van der Waals surface area contributed by atoms with Crippen molar-refractivity contribution in [2.24, 2.45) is 9.98 Å². The van der Waals surface area contributed by atoms with Crippen molar-refractivity contribution in [2.45, 2.75) is 12.5 Å².